The van der Waals surface area contributed by atoms with Gasteiger partial charge in [-0.3, -0.25) is 4.79 Å². The number of hydrogen-bond donors (Lipinski definition) is 1. The number of aryl methyl sites for hydroxylation is 2. The molecule has 7 nitrogen and oxygen atoms in total. The van der Waals surface area contributed by atoms with Crippen LogP contribution in [0, 0.1) is 24.0 Å². The third-order valence-electron chi connectivity index (χ3n) is 3.03. The zero-order valence-corrected chi connectivity index (χ0v) is 12.2. The van der Waals surface area contributed by atoms with Crippen molar-refractivity contribution >= 4 is 17.4 Å². The molecule has 0 aliphatic heterocycles. The van der Waals surface area contributed by atoms with E-state index in [-0.39, 0.29) is 12.4 Å². The summed E-state index contributed by atoms with van der Waals surface area (Å²) in [5, 5.41) is 13.6. The molecule has 114 valence electrons. The number of hydrogen-bond acceptors (Lipinski definition) is 5. The number of nitrogens with one attached hydrogen (secondary N) is 1. The number of nitro groups is 1. The Kier molecular flexibility index (Phi) is 4.67. The number of rotatable bonds is 5. The average Bonchev–Trinajstić information content (AvgIpc) is 2.49. The Morgan fingerprint density at radius 3 is 2.59 bits per heavy atom. The number of amides is 1. The van der Waals surface area contributed by atoms with E-state index in [4.69, 9.17) is 4.74 Å². The van der Waals surface area contributed by atoms with Crippen LogP contribution < -0.4 is 10.1 Å². The first-order valence-corrected chi connectivity index (χ1v) is 6.57. The number of nitrogens with zero attached hydrogens (tertiary/aromatic N) is 2. The second-order valence-electron chi connectivity index (χ2n) is 4.69. The number of carbonyl (C=O) groups excluding carboxylic acids is 1. The van der Waals surface area contributed by atoms with E-state index in [2.05, 4.69) is 10.3 Å². The minimum Gasteiger partial charge on any atom is -0.476 e. The molecule has 22 heavy (non-hydrogen) atoms. The number of anilines is 1. The first kappa shape index (κ1) is 15.4. The predicted molar refractivity (Wildman–Crippen MR) is 80.9 cm³/mol. The molecule has 1 N–H and O–H groups in total. The molecule has 2 aromatic rings. The van der Waals surface area contributed by atoms with Gasteiger partial charge in [-0.05, 0) is 47.0 Å². The lowest BCUT2D eigenvalue weighted by Crippen LogP contribution is -2.21. The van der Waals surface area contributed by atoms with E-state index < -0.39 is 16.6 Å². The molecule has 0 saturated heterocycles. The molecule has 1 aromatic carbocycles. The molecule has 2 rings (SSSR count). The lowest BCUT2D eigenvalue weighted by atomic mass is 10.1. The highest BCUT2D eigenvalue weighted by Gasteiger charge is 2.17. The van der Waals surface area contributed by atoms with Gasteiger partial charge in [0, 0.05) is 5.69 Å². The monoisotopic (exact) mass is 301 g/mol. The number of ether oxygens (including phenoxy) is 1. The van der Waals surface area contributed by atoms with Crippen LogP contribution in [0.4, 0.5) is 11.5 Å². The molecule has 0 saturated carbocycles. The van der Waals surface area contributed by atoms with Gasteiger partial charge in [0.1, 0.15) is 6.20 Å². The third-order valence-corrected chi connectivity index (χ3v) is 3.03. The molecule has 0 fully saturated rings. The van der Waals surface area contributed by atoms with E-state index in [1.54, 1.807) is 0 Å². The first-order chi connectivity index (χ1) is 10.5. The number of carbonyl (C=O) groups is 1. The molecular formula is C15H15N3O4. The second-order valence-corrected chi connectivity index (χ2v) is 4.69. The van der Waals surface area contributed by atoms with Gasteiger partial charge < -0.3 is 20.2 Å². The average molecular weight is 301 g/mol. The summed E-state index contributed by atoms with van der Waals surface area (Å²) in [6, 6.07) is 8.57. The topological polar surface area (TPSA) is 94.4 Å². The molecular weight excluding hydrogens is 286 g/mol. The number of aromatic nitrogens is 1. The standard InChI is InChI=1S/C15H15N3O4/c1-10-5-3-6-11(2)14(10)17-13(19)9-22-12-7-4-8-16-15(12)18(20)21/h3-8H,9H2,1-2H3,(H,17,19). The summed E-state index contributed by atoms with van der Waals surface area (Å²) < 4.78 is 5.20. The summed E-state index contributed by atoms with van der Waals surface area (Å²) in [5.74, 6) is -0.845. The Bertz CT molecular complexity index is 695. The fraction of sp³-hybridized carbons (Fsp3) is 0.200. The lowest BCUT2D eigenvalue weighted by Gasteiger charge is -2.11. The van der Waals surface area contributed by atoms with Crippen LogP contribution in [0.25, 0.3) is 0 Å². The summed E-state index contributed by atoms with van der Waals surface area (Å²) in [4.78, 5) is 25.7. The Labute approximate surface area is 127 Å². The molecule has 0 aliphatic rings. The van der Waals surface area contributed by atoms with Crippen molar-refractivity contribution in [2.24, 2.45) is 0 Å². The molecule has 0 atom stereocenters. The fourth-order valence-corrected chi connectivity index (χ4v) is 1.96. The van der Waals surface area contributed by atoms with Crippen molar-refractivity contribution in [1.29, 1.82) is 0 Å². The molecule has 0 bridgehead atoms. The van der Waals surface area contributed by atoms with Gasteiger partial charge in [0.05, 0.1) is 0 Å². The maximum Gasteiger partial charge on any atom is 0.406 e. The van der Waals surface area contributed by atoms with Crippen LogP contribution in [0.2, 0.25) is 0 Å². The van der Waals surface area contributed by atoms with E-state index >= 15 is 0 Å². The molecule has 1 aromatic heterocycles. The van der Waals surface area contributed by atoms with E-state index in [0.29, 0.717) is 0 Å². The van der Waals surface area contributed by atoms with Gasteiger partial charge in [-0.1, -0.05) is 18.2 Å². The fourth-order valence-electron chi connectivity index (χ4n) is 1.96. The van der Waals surface area contributed by atoms with Crippen LogP contribution in [0.1, 0.15) is 11.1 Å². The van der Waals surface area contributed by atoms with Gasteiger partial charge in [-0.2, -0.15) is 0 Å². The number of pyridine rings is 1. The van der Waals surface area contributed by atoms with Crippen LogP contribution in [-0.4, -0.2) is 22.4 Å². The van der Waals surface area contributed by atoms with Crippen LogP contribution in [-0.2, 0) is 4.79 Å². The molecule has 0 spiro atoms. The normalized spacial score (nSPS) is 10.1. The summed E-state index contributed by atoms with van der Waals surface area (Å²) in [6.45, 7) is 3.44. The van der Waals surface area contributed by atoms with Gasteiger partial charge in [0.25, 0.3) is 5.91 Å². The summed E-state index contributed by atoms with van der Waals surface area (Å²) in [5.41, 5.74) is 2.58. The zero-order valence-electron chi connectivity index (χ0n) is 12.2. The Morgan fingerprint density at radius 2 is 1.95 bits per heavy atom. The highest BCUT2D eigenvalue weighted by Crippen LogP contribution is 2.23. The predicted octanol–water partition coefficient (Wildman–Crippen LogP) is 2.62. The number of benzene rings is 1. The molecule has 1 amide bonds. The SMILES string of the molecule is Cc1cccc(C)c1NC(=O)COc1cccnc1[N+](=O)[O-]. The van der Waals surface area contributed by atoms with Gasteiger partial charge in [0.15, 0.2) is 6.61 Å². The van der Waals surface area contributed by atoms with Crippen molar-refractivity contribution < 1.29 is 14.5 Å². The largest absolute Gasteiger partial charge is 0.476 e. The third kappa shape index (κ3) is 3.57. The highest BCUT2D eigenvalue weighted by atomic mass is 16.6. The lowest BCUT2D eigenvalue weighted by molar-refractivity contribution is -0.390. The highest BCUT2D eigenvalue weighted by molar-refractivity contribution is 5.93. The minimum atomic E-state index is -0.654. The van der Waals surface area contributed by atoms with Crippen molar-refractivity contribution in [2.75, 3.05) is 11.9 Å². The van der Waals surface area contributed by atoms with Crippen LogP contribution in [0.3, 0.4) is 0 Å². The summed E-state index contributed by atoms with van der Waals surface area (Å²) in [6.07, 6.45) is 1.29. The maximum absolute atomic E-state index is 11.9. The Balaban J connectivity index is 2.04. The van der Waals surface area contributed by atoms with Gasteiger partial charge >= 0.3 is 5.82 Å². The van der Waals surface area contributed by atoms with Crippen LogP contribution in [0.15, 0.2) is 36.5 Å². The van der Waals surface area contributed by atoms with E-state index in [9.17, 15) is 14.9 Å². The van der Waals surface area contributed by atoms with E-state index in [1.165, 1.54) is 18.3 Å². The van der Waals surface area contributed by atoms with Crippen molar-refractivity contribution in [3.63, 3.8) is 0 Å². The first-order valence-electron chi connectivity index (χ1n) is 6.57. The molecule has 1 heterocycles. The van der Waals surface area contributed by atoms with Crippen molar-refractivity contribution in [3.8, 4) is 5.75 Å². The van der Waals surface area contributed by atoms with Crippen LogP contribution >= 0.6 is 0 Å². The van der Waals surface area contributed by atoms with Crippen LogP contribution in [0.5, 0.6) is 5.75 Å². The molecule has 7 heteroatoms. The van der Waals surface area contributed by atoms with Gasteiger partial charge in [-0.25, -0.2) is 0 Å². The van der Waals surface area contributed by atoms with Crippen molar-refractivity contribution in [2.45, 2.75) is 13.8 Å². The summed E-state index contributed by atoms with van der Waals surface area (Å²) in [7, 11) is 0. The Hall–Kier alpha value is -2.96. The smallest absolute Gasteiger partial charge is 0.406 e. The minimum absolute atomic E-state index is 0.0378. The van der Waals surface area contributed by atoms with Crippen molar-refractivity contribution in [3.05, 3.63) is 57.8 Å². The summed E-state index contributed by atoms with van der Waals surface area (Å²) >= 11 is 0. The van der Waals surface area contributed by atoms with Gasteiger partial charge in [-0.15, -0.1) is 0 Å². The number of para-hydroxylation sites is 1. The van der Waals surface area contributed by atoms with Crippen molar-refractivity contribution in [1.82, 2.24) is 4.98 Å². The van der Waals surface area contributed by atoms with E-state index in [0.717, 1.165) is 16.8 Å². The van der Waals surface area contributed by atoms with Gasteiger partial charge in [0.2, 0.25) is 5.75 Å². The second kappa shape index (κ2) is 6.66. The Morgan fingerprint density at radius 1 is 1.27 bits per heavy atom. The zero-order chi connectivity index (χ0) is 16.1. The van der Waals surface area contributed by atoms with E-state index in [1.807, 2.05) is 32.0 Å². The maximum atomic E-state index is 11.9. The molecule has 0 unspecified atom stereocenters. The molecule has 0 aliphatic carbocycles. The molecule has 0 radical (unpaired) electrons. The quantitative estimate of drug-likeness (QED) is 0.676.